The van der Waals surface area contributed by atoms with Crippen molar-refractivity contribution < 1.29 is 4.74 Å². The Morgan fingerprint density at radius 3 is 2.80 bits per heavy atom. The van der Waals surface area contributed by atoms with Crippen LogP contribution in [0.4, 0.5) is 0 Å². The van der Waals surface area contributed by atoms with Crippen LogP contribution in [0.2, 0.25) is 0 Å². The second kappa shape index (κ2) is 2.91. The normalized spacial score (nSPS) is 31.4. The van der Waals surface area contributed by atoms with Gasteiger partial charge in [-0.05, 0) is 25.0 Å². The predicted octanol–water partition coefficient (Wildman–Crippen LogP) is 2.50. The number of hydrogen-bond acceptors (Lipinski definition) is 1. The molecule has 0 bridgehead atoms. The zero-order chi connectivity index (χ0) is 7.56. The Labute approximate surface area is 62.4 Å². The molecular weight excluding hydrogens is 124 g/mol. The highest BCUT2D eigenvalue weighted by Gasteiger charge is 2.19. The molecule has 1 heterocycles. The third-order valence-corrected chi connectivity index (χ3v) is 1.83. The van der Waals surface area contributed by atoms with E-state index in [1.54, 1.807) is 6.26 Å². The second-order valence-electron chi connectivity index (χ2n) is 2.99. The summed E-state index contributed by atoms with van der Waals surface area (Å²) in [6.45, 7) is 8.07. The van der Waals surface area contributed by atoms with E-state index in [0.717, 1.165) is 12.0 Å². The predicted molar refractivity (Wildman–Crippen MR) is 42.6 cm³/mol. The van der Waals surface area contributed by atoms with Crippen molar-refractivity contribution in [1.82, 2.24) is 0 Å². The van der Waals surface area contributed by atoms with Crippen molar-refractivity contribution in [3.63, 3.8) is 0 Å². The molecule has 0 fully saturated rings. The molecule has 2 atom stereocenters. The summed E-state index contributed by atoms with van der Waals surface area (Å²) in [5.74, 6) is 0.586. The summed E-state index contributed by atoms with van der Waals surface area (Å²) in [6, 6.07) is 0. The van der Waals surface area contributed by atoms with Gasteiger partial charge in [-0.15, -0.1) is 0 Å². The zero-order valence-electron chi connectivity index (χ0n) is 6.63. The van der Waals surface area contributed by atoms with Crippen molar-refractivity contribution in [3.8, 4) is 0 Å². The highest BCUT2D eigenvalue weighted by Crippen LogP contribution is 2.22. The highest BCUT2D eigenvalue weighted by atomic mass is 16.5. The molecule has 1 unspecified atom stereocenters. The molecule has 0 saturated heterocycles. The van der Waals surface area contributed by atoms with Crippen molar-refractivity contribution in [2.45, 2.75) is 26.4 Å². The van der Waals surface area contributed by atoms with Gasteiger partial charge >= 0.3 is 0 Å². The smallest absolute Gasteiger partial charge is 0.121 e. The largest absolute Gasteiger partial charge is 0.494 e. The van der Waals surface area contributed by atoms with E-state index in [4.69, 9.17) is 4.74 Å². The molecule has 0 amide bonds. The summed E-state index contributed by atoms with van der Waals surface area (Å²) in [6.07, 6.45) is 5.19. The molecule has 0 spiro atoms. The van der Waals surface area contributed by atoms with Crippen LogP contribution < -0.4 is 0 Å². The van der Waals surface area contributed by atoms with Crippen LogP contribution in [-0.2, 0) is 4.74 Å². The molecule has 1 heteroatoms. The van der Waals surface area contributed by atoms with Gasteiger partial charge in [-0.3, -0.25) is 0 Å². The molecule has 10 heavy (non-hydrogen) atoms. The Kier molecular flexibility index (Phi) is 2.15. The molecule has 0 aromatic heterocycles. The molecule has 0 saturated carbocycles. The first kappa shape index (κ1) is 7.39. The van der Waals surface area contributed by atoms with Crippen molar-refractivity contribution in [1.29, 1.82) is 0 Å². The quantitative estimate of drug-likeness (QED) is 0.506. The van der Waals surface area contributed by atoms with E-state index >= 15 is 0 Å². The lowest BCUT2D eigenvalue weighted by Gasteiger charge is -2.25. The molecule has 0 N–H and O–H groups in total. The van der Waals surface area contributed by atoms with Crippen molar-refractivity contribution in [2.24, 2.45) is 5.92 Å². The molecule has 56 valence electrons. The Bertz CT molecular complexity index is 158. The molecule has 1 aliphatic rings. The fourth-order valence-electron chi connectivity index (χ4n) is 1.27. The summed E-state index contributed by atoms with van der Waals surface area (Å²) in [4.78, 5) is 0. The first-order valence-corrected chi connectivity index (χ1v) is 3.67. The van der Waals surface area contributed by atoms with E-state index in [2.05, 4.69) is 19.6 Å². The fraction of sp³-hybridized carbons (Fsp3) is 0.556. The molecule has 1 aliphatic heterocycles. The maximum Gasteiger partial charge on any atom is 0.121 e. The average molecular weight is 138 g/mol. The third kappa shape index (κ3) is 1.41. The topological polar surface area (TPSA) is 9.23 Å². The van der Waals surface area contributed by atoms with E-state index in [1.165, 1.54) is 0 Å². The van der Waals surface area contributed by atoms with Gasteiger partial charge in [0.2, 0.25) is 0 Å². The summed E-state index contributed by atoms with van der Waals surface area (Å²) in [5.41, 5.74) is 1.12. The van der Waals surface area contributed by atoms with E-state index in [0.29, 0.717) is 5.92 Å². The molecule has 0 aliphatic carbocycles. The van der Waals surface area contributed by atoms with Crippen LogP contribution in [0.25, 0.3) is 0 Å². The lowest BCUT2D eigenvalue weighted by Crippen LogP contribution is -2.22. The minimum absolute atomic E-state index is 0.241. The van der Waals surface area contributed by atoms with Gasteiger partial charge in [-0.2, -0.15) is 0 Å². The summed E-state index contributed by atoms with van der Waals surface area (Å²) >= 11 is 0. The van der Waals surface area contributed by atoms with E-state index in [-0.39, 0.29) is 6.10 Å². The van der Waals surface area contributed by atoms with Crippen LogP contribution in [-0.4, -0.2) is 6.10 Å². The lowest BCUT2D eigenvalue weighted by molar-refractivity contribution is 0.111. The minimum Gasteiger partial charge on any atom is -0.494 e. The number of ether oxygens (including phenoxy) is 1. The van der Waals surface area contributed by atoms with Crippen LogP contribution in [0.5, 0.6) is 0 Å². The van der Waals surface area contributed by atoms with E-state index in [9.17, 15) is 0 Å². The maximum atomic E-state index is 5.37. The Morgan fingerprint density at radius 2 is 2.40 bits per heavy atom. The van der Waals surface area contributed by atoms with Crippen molar-refractivity contribution in [3.05, 3.63) is 24.5 Å². The average Bonchev–Trinajstić information content (AvgIpc) is 1.88. The van der Waals surface area contributed by atoms with Crippen LogP contribution in [0.1, 0.15) is 20.3 Å². The summed E-state index contributed by atoms with van der Waals surface area (Å²) in [7, 11) is 0. The maximum absolute atomic E-state index is 5.37. The summed E-state index contributed by atoms with van der Waals surface area (Å²) in [5, 5.41) is 0. The van der Waals surface area contributed by atoms with Crippen molar-refractivity contribution in [2.75, 3.05) is 0 Å². The number of allylic oxidation sites excluding steroid dienone is 1. The molecule has 1 rings (SSSR count). The Balaban J connectivity index is 2.59. The van der Waals surface area contributed by atoms with Gasteiger partial charge in [0.05, 0.1) is 6.26 Å². The minimum atomic E-state index is 0.241. The van der Waals surface area contributed by atoms with E-state index in [1.807, 2.05) is 6.92 Å². The van der Waals surface area contributed by atoms with Gasteiger partial charge in [-0.1, -0.05) is 13.5 Å². The van der Waals surface area contributed by atoms with E-state index < -0.39 is 0 Å². The first-order chi connectivity index (χ1) is 4.72. The van der Waals surface area contributed by atoms with Gasteiger partial charge in [0.1, 0.15) is 6.10 Å². The molecule has 0 aromatic carbocycles. The monoisotopic (exact) mass is 138 g/mol. The highest BCUT2D eigenvalue weighted by molar-refractivity contribution is 5.04. The standard InChI is InChI=1S/C9H14O/c1-7(2)9-8(3)5-4-6-10-9/h4,6,8-9H,1,5H2,2-3H3/t8?,9-/m0/s1. The molecular formula is C9H14O. The van der Waals surface area contributed by atoms with Crippen LogP contribution in [0.15, 0.2) is 24.5 Å². The van der Waals surface area contributed by atoms with Gasteiger partial charge < -0.3 is 4.74 Å². The zero-order valence-corrected chi connectivity index (χ0v) is 6.63. The van der Waals surface area contributed by atoms with Gasteiger partial charge in [0.15, 0.2) is 0 Å². The Hall–Kier alpha value is -0.720. The van der Waals surface area contributed by atoms with Gasteiger partial charge in [0, 0.05) is 5.92 Å². The Morgan fingerprint density at radius 1 is 1.70 bits per heavy atom. The fourth-order valence-corrected chi connectivity index (χ4v) is 1.27. The van der Waals surface area contributed by atoms with Gasteiger partial charge in [0.25, 0.3) is 0 Å². The third-order valence-electron chi connectivity index (χ3n) is 1.83. The second-order valence-corrected chi connectivity index (χ2v) is 2.99. The number of rotatable bonds is 1. The SMILES string of the molecule is C=C(C)[C@@H]1OC=CCC1C. The van der Waals surface area contributed by atoms with Crippen LogP contribution in [0, 0.1) is 5.92 Å². The van der Waals surface area contributed by atoms with Crippen LogP contribution in [0.3, 0.4) is 0 Å². The summed E-state index contributed by atoms with van der Waals surface area (Å²) < 4.78 is 5.37. The lowest BCUT2D eigenvalue weighted by atomic mass is 9.95. The van der Waals surface area contributed by atoms with Gasteiger partial charge in [-0.25, -0.2) is 0 Å². The molecule has 1 nitrogen and oxygen atoms in total. The number of hydrogen-bond donors (Lipinski definition) is 0. The molecule has 0 aromatic rings. The molecule has 0 radical (unpaired) electrons. The first-order valence-electron chi connectivity index (χ1n) is 3.67. The van der Waals surface area contributed by atoms with Crippen molar-refractivity contribution >= 4 is 0 Å². The van der Waals surface area contributed by atoms with Crippen LogP contribution >= 0.6 is 0 Å².